The average molecular weight is 373 g/mol. The Morgan fingerprint density at radius 3 is 2.81 bits per heavy atom. The van der Waals surface area contributed by atoms with Gasteiger partial charge in [-0.05, 0) is 25.1 Å². The van der Waals surface area contributed by atoms with Crippen molar-refractivity contribution in [1.82, 2.24) is 4.90 Å². The first kappa shape index (κ1) is 16.9. The molecule has 136 valence electrons. The maximum absolute atomic E-state index is 12.9. The number of rotatable bonds is 3. The van der Waals surface area contributed by atoms with Crippen molar-refractivity contribution in [2.45, 2.75) is 12.8 Å². The minimum Gasteiger partial charge on any atom is -0.497 e. The average Bonchev–Trinajstić information content (AvgIpc) is 3.25. The molecule has 4 rings (SSSR count). The molecule has 0 unspecified atom stereocenters. The zero-order chi connectivity index (χ0) is 18.5. The SMILES string of the molecule is COc1ccc2c(c1)OC[C@]1(C(=O)O)CN(C(=O)c3ccc(C)s3)C[C@H]21. The molecule has 1 aromatic carbocycles. The monoisotopic (exact) mass is 373 g/mol. The van der Waals surface area contributed by atoms with Crippen LogP contribution in [0.3, 0.4) is 0 Å². The number of carboxylic acids is 1. The number of hydrogen-bond donors (Lipinski definition) is 1. The molecule has 2 aromatic rings. The smallest absolute Gasteiger partial charge is 0.315 e. The van der Waals surface area contributed by atoms with Crippen molar-refractivity contribution in [2.75, 3.05) is 26.8 Å². The predicted molar refractivity (Wildman–Crippen MR) is 96.3 cm³/mol. The molecule has 0 aliphatic carbocycles. The number of methoxy groups -OCH3 is 1. The van der Waals surface area contributed by atoms with Gasteiger partial charge in [0.1, 0.15) is 23.5 Å². The van der Waals surface area contributed by atoms with Crippen LogP contribution in [0, 0.1) is 12.3 Å². The Balaban J connectivity index is 1.71. The van der Waals surface area contributed by atoms with Crippen LogP contribution in [0.5, 0.6) is 11.5 Å². The van der Waals surface area contributed by atoms with Crippen molar-refractivity contribution in [1.29, 1.82) is 0 Å². The van der Waals surface area contributed by atoms with E-state index < -0.39 is 11.4 Å². The fourth-order valence-corrected chi connectivity index (χ4v) is 4.69. The van der Waals surface area contributed by atoms with Crippen LogP contribution in [0.2, 0.25) is 0 Å². The van der Waals surface area contributed by atoms with Gasteiger partial charge in [0.2, 0.25) is 0 Å². The van der Waals surface area contributed by atoms with Gasteiger partial charge in [0.15, 0.2) is 0 Å². The van der Waals surface area contributed by atoms with E-state index in [0.29, 0.717) is 22.9 Å². The molecule has 1 aromatic heterocycles. The zero-order valence-electron chi connectivity index (χ0n) is 14.5. The lowest BCUT2D eigenvalue weighted by molar-refractivity contribution is -0.151. The molecule has 2 aliphatic rings. The summed E-state index contributed by atoms with van der Waals surface area (Å²) in [6, 6.07) is 9.12. The number of carboxylic acid groups (broad SMARTS) is 1. The van der Waals surface area contributed by atoms with Gasteiger partial charge in [-0.15, -0.1) is 11.3 Å². The Kier molecular flexibility index (Phi) is 3.91. The summed E-state index contributed by atoms with van der Waals surface area (Å²) in [5, 5.41) is 9.96. The lowest BCUT2D eigenvalue weighted by atomic mass is 9.73. The molecule has 6 nitrogen and oxygen atoms in total. The number of likely N-dealkylation sites (tertiary alicyclic amines) is 1. The number of nitrogens with zero attached hydrogens (tertiary/aromatic N) is 1. The van der Waals surface area contributed by atoms with E-state index in [1.54, 1.807) is 30.2 Å². The number of thiophene rings is 1. The molecule has 2 atom stereocenters. The molecule has 7 heteroatoms. The van der Waals surface area contributed by atoms with Gasteiger partial charge in [-0.1, -0.05) is 6.07 Å². The first-order valence-corrected chi connectivity index (χ1v) is 9.16. The maximum Gasteiger partial charge on any atom is 0.315 e. The van der Waals surface area contributed by atoms with Gasteiger partial charge in [-0.3, -0.25) is 9.59 Å². The molecule has 0 bridgehead atoms. The second-order valence-electron chi connectivity index (χ2n) is 6.80. The van der Waals surface area contributed by atoms with Gasteiger partial charge >= 0.3 is 5.97 Å². The summed E-state index contributed by atoms with van der Waals surface area (Å²) in [5.74, 6) is -0.0615. The summed E-state index contributed by atoms with van der Waals surface area (Å²) in [7, 11) is 1.57. The Hall–Kier alpha value is -2.54. The molecule has 0 radical (unpaired) electrons. The number of amides is 1. The Bertz CT molecular complexity index is 892. The van der Waals surface area contributed by atoms with E-state index in [1.165, 1.54) is 11.3 Å². The number of fused-ring (bicyclic) bond motifs is 3. The lowest BCUT2D eigenvalue weighted by Gasteiger charge is -2.35. The van der Waals surface area contributed by atoms with E-state index in [0.717, 1.165) is 10.4 Å². The van der Waals surface area contributed by atoms with E-state index in [4.69, 9.17) is 9.47 Å². The molecule has 26 heavy (non-hydrogen) atoms. The van der Waals surface area contributed by atoms with Crippen LogP contribution in [0.1, 0.15) is 26.0 Å². The number of carbonyl (C=O) groups excluding carboxylic acids is 1. The van der Waals surface area contributed by atoms with Crippen molar-refractivity contribution in [2.24, 2.45) is 5.41 Å². The second-order valence-corrected chi connectivity index (χ2v) is 8.09. The van der Waals surface area contributed by atoms with E-state index in [1.807, 2.05) is 19.1 Å². The maximum atomic E-state index is 12.9. The van der Waals surface area contributed by atoms with E-state index >= 15 is 0 Å². The van der Waals surface area contributed by atoms with Crippen LogP contribution in [0.15, 0.2) is 30.3 Å². The third-order valence-electron chi connectivity index (χ3n) is 5.29. The first-order chi connectivity index (χ1) is 12.4. The van der Waals surface area contributed by atoms with E-state index in [9.17, 15) is 14.7 Å². The van der Waals surface area contributed by atoms with Crippen LogP contribution >= 0.6 is 11.3 Å². The first-order valence-electron chi connectivity index (χ1n) is 8.34. The summed E-state index contributed by atoms with van der Waals surface area (Å²) in [4.78, 5) is 28.4. The van der Waals surface area contributed by atoms with Crippen LogP contribution in [-0.2, 0) is 4.79 Å². The minimum absolute atomic E-state index is 0.0421. The lowest BCUT2D eigenvalue weighted by Crippen LogP contribution is -2.46. The van der Waals surface area contributed by atoms with E-state index in [2.05, 4.69) is 0 Å². The highest BCUT2D eigenvalue weighted by Crippen LogP contribution is 2.50. The van der Waals surface area contributed by atoms with Crippen LogP contribution < -0.4 is 9.47 Å². The fraction of sp³-hybridized carbons (Fsp3) is 0.368. The molecule has 1 fully saturated rings. The summed E-state index contributed by atoms with van der Waals surface area (Å²) in [5.41, 5.74) is -0.305. The summed E-state index contributed by atoms with van der Waals surface area (Å²) in [6.07, 6.45) is 0. The standard InChI is InChI=1S/C19H19NO5S/c1-11-3-6-16(26-11)17(21)20-8-14-13-5-4-12(24-2)7-15(13)25-10-19(14,9-20)18(22)23/h3-7,14H,8-10H2,1-2H3,(H,22,23)/t14-,19-/m1/s1. The minimum atomic E-state index is -1.12. The van der Waals surface area contributed by atoms with Crippen LogP contribution in [-0.4, -0.2) is 48.7 Å². The topological polar surface area (TPSA) is 76.1 Å². The summed E-state index contributed by atoms with van der Waals surface area (Å²) >= 11 is 1.43. The summed E-state index contributed by atoms with van der Waals surface area (Å²) < 4.78 is 11.0. The van der Waals surface area contributed by atoms with Gasteiger partial charge in [-0.2, -0.15) is 0 Å². The number of aryl methyl sites for hydroxylation is 1. The van der Waals surface area contributed by atoms with Gasteiger partial charge in [0.05, 0.1) is 12.0 Å². The molecule has 2 aliphatic heterocycles. The molecular weight excluding hydrogens is 354 g/mol. The van der Waals surface area contributed by atoms with Crippen molar-refractivity contribution in [3.63, 3.8) is 0 Å². The second kappa shape index (κ2) is 6.02. The number of carbonyl (C=O) groups is 2. The third kappa shape index (κ3) is 2.46. The van der Waals surface area contributed by atoms with Crippen molar-refractivity contribution in [3.8, 4) is 11.5 Å². The largest absolute Gasteiger partial charge is 0.497 e. The van der Waals surface area contributed by atoms with Crippen molar-refractivity contribution < 1.29 is 24.2 Å². The number of ether oxygens (including phenoxy) is 2. The fourth-order valence-electron chi connectivity index (χ4n) is 3.85. The normalized spacial score (nSPS) is 23.8. The number of benzene rings is 1. The highest BCUT2D eigenvalue weighted by molar-refractivity contribution is 7.13. The van der Waals surface area contributed by atoms with Crippen LogP contribution in [0.4, 0.5) is 0 Å². The third-order valence-corrected chi connectivity index (χ3v) is 6.28. The molecular formula is C19H19NO5S. The molecule has 0 spiro atoms. The number of aliphatic carboxylic acids is 1. The van der Waals surface area contributed by atoms with E-state index in [-0.39, 0.29) is 25.0 Å². The highest BCUT2D eigenvalue weighted by Gasteiger charge is 2.57. The molecule has 1 amide bonds. The van der Waals surface area contributed by atoms with Crippen molar-refractivity contribution >= 4 is 23.2 Å². The van der Waals surface area contributed by atoms with Gasteiger partial charge in [-0.25, -0.2) is 0 Å². The Morgan fingerprint density at radius 2 is 2.15 bits per heavy atom. The van der Waals surface area contributed by atoms with Gasteiger partial charge in [0, 0.05) is 35.5 Å². The molecule has 0 saturated carbocycles. The quantitative estimate of drug-likeness (QED) is 0.895. The Morgan fingerprint density at radius 1 is 1.35 bits per heavy atom. The molecule has 1 N–H and O–H groups in total. The van der Waals surface area contributed by atoms with Gasteiger partial charge in [0.25, 0.3) is 5.91 Å². The highest BCUT2D eigenvalue weighted by atomic mass is 32.1. The predicted octanol–water partition coefficient (Wildman–Crippen LogP) is 2.77. The zero-order valence-corrected chi connectivity index (χ0v) is 15.3. The van der Waals surface area contributed by atoms with Crippen LogP contribution in [0.25, 0.3) is 0 Å². The number of hydrogen-bond acceptors (Lipinski definition) is 5. The van der Waals surface area contributed by atoms with Gasteiger partial charge < -0.3 is 19.5 Å². The summed E-state index contributed by atoms with van der Waals surface area (Å²) in [6.45, 7) is 2.50. The molecule has 3 heterocycles. The Labute approximate surface area is 155 Å². The molecule has 1 saturated heterocycles. The van der Waals surface area contributed by atoms with Crippen molar-refractivity contribution in [3.05, 3.63) is 45.6 Å².